The first-order chi connectivity index (χ1) is 9.11. The number of halogens is 1. The summed E-state index contributed by atoms with van der Waals surface area (Å²) in [7, 11) is 1.69. The molecule has 0 amide bonds. The van der Waals surface area contributed by atoms with Crippen molar-refractivity contribution < 1.29 is 4.74 Å². The summed E-state index contributed by atoms with van der Waals surface area (Å²) in [4.78, 5) is 4.49. The molecule has 1 aromatic carbocycles. The minimum Gasteiger partial charge on any atom is -0.383 e. The first kappa shape index (κ1) is 14.1. The predicted molar refractivity (Wildman–Crippen MR) is 81.1 cm³/mol. The first-order valence-corrected chi connectivity index (χ1v) is 6.96. The van der Waals surface area contributed by atoms with Crippen LogP contribution in [0.15, 0.2) is 28.9 Å². The molecule has 0 fully saturated rings. The van der Waals surface area contributed by atoms with Crippen LogP contribution in [0.3, 0.4) is 0 Å². The van der Waals surface area contributed by atoms with Gasteiger partial charge in [-0.25, -0.2) is 4.98 Å². The lowest BCUT2D eigenvalue weighted by Crippen LogP contribution is -2.11. The van der Waals surface area contributed by atoms with Gasteiger partial charge in [0.15, 0.2) is 0 Å². The van der Waals surface area contributed by atoms with Crippen molar-refractivity contribution in [2.75, 3.05) is 25.6 Å². The van der Waals surface area contributed by atoms with E-state index in [1.54, 1.807) is 7.11 Å². The molecule has 0 aliphatic carbocycles. The molecule has 0 aliphatic heterocycles. The van der Waals surface area contributed by atoms with Crippen molar-refractivity contribution >= 4 is 21.9 Å². The van der Waals surface area contributed by atoms with E-state index < -0.39 is 0 Å². The first-order valence-electron chi connectivity index (χ1n) is 6.17. The van der Waals surface area contributed by atoms with E-state index in [2.05, 4.69) is 55.9 Å². The fraction of sp³-hybridized carbons (Fsp3) is 0.357. The Labute approximate surface area is 121 Å². The molecular formula is C14H18BrN3O. The van der Waals surface area contributed by atoms with E-state index in [4.69, 9.17) is 4.74 Å². The molecule has 102 valence electrons. The third kappa shape index (κ3) is 3.36. The molecule has 1 N–H and O–H groups in total. The van der Waals surface area contributed by atoms with Crippen LogP contribution in [0.25, 0.3) is 5.69 Å². The summed E-state index contributed by atoms with van der Waals surface area (Å²) in [6.45, 7) is 5.45. The highest BCUT2D eigenvalue weighted by Crippen LogP contribution is 2.23. The van der Waals surface area contributed by atoms with Gasteiger partial charge in [-0.15, -0.1) is 0 Å². The van der Waals surface area contributed by atoms with Crippen LogP contribution in [-0.2, 0) is 4.74 Å². The molecule has 19 heavy (non-hydrogen) atoms. The normalized spacial score (nSPS) is 10.7. The highest BCUT2D eigenvalue weighted by Gasteiger charge is 2.08. The molecule has 0 saturated heterocycles. The second-order valence-electron chi connectivity index (χ2n) is 4.43. The Morgan fingerprint density at radius 2 is 2.16 bits per heavy atom. The lowest BCUT2D eigenvalue weighted by molar-refractivity contribution is 0.210. The maximum Gasteiger partial charge on any atom is 0.207 e. The topological polar surface area (TPSA) is 39.1 Å². The molecule has 5 heteroatoms. The maximum absolute atomic E-state index is 5.04. The van der Waals surface area contributed by atoms with Gasteiger partial charge in [-0.1, -0.05) is 22.0 Å². The SMILES string of the molecule is COCCNc1nc(C)cn1-c1ccc(C)c(Br)c1. The van der Waals surface area contributed by atoms with Crippen LogP contribution in [0, 0.1) is 13.8 Å². The van der Waals surface area contributed by atoms with Gasteiger partial charge in [0.05, 0.1) is 12.3 Å². The van der Waals surface area contributed by atoms with Crippen LogP contribution in [0.5, 0.6) is 0 Å². The van der Waals surface area contributed by atoms with Gasteiger partial charge >= 0.3 is 0 Å². The Morgan fingerprint density at radius 1 is 1.37 bits per heavy atom. The van der Waals surface area contributed by atoms with Gasteiger partial charge in [0.2, 0.25) is 5.95 Å². The van der Waals surface area contributed by atoms with Crippen LogP contribution in [0.1, 0.15) is 11.3 Å². The maximum atomic E-state index is 5.04. The fourth-order valence-corrected chi connectivity index (χ4v) is 2.18. The predicted octanol–water partition coefficient (Wildman–Crippen LogP) is 3.31. The number of rotatable bonds is 5. The van der Waals surface area contributed by atoms with Gasteiger partial charge < -0.3 is 10.1 Å². The lowest BCUT2D eigenvalue weighted by atomic mass is 10.2. The van der Waals surface area contributed by atoms with Crippen molar-refractivity contribution in [3.05, 3.63) is 40.1 Å². The van der Waals surface area contributed by atoms with Crippen LogP contribution < -0.4 is 5.32 Å². The zero-order valence-corrected chi connectivity index (χ0v) is 13.0. The van der Waals surface area contributed by atoms with E-state index in [0.717, 1.165) is 28.3 Å². The third-order valence-electron chi connectivity index (χ3n) is 2.85. The minimum atomic E-state index is 0.656. The van der Waals surface area contributed by atoms with Crippen LogP contribution in [-0.4, -0.2) is 29.8 Å². The minimum absolute atomic E-state index is 0.656. The summed E-state index contributed by atoms with van der Waals surface area (Å²) >= 11 is 3.56. The van der Waals surface area contributed by atoms with Gasteiger partial charge in [0.25, 0.3) is 0 Å². The van der Waals surface area contributed by atoms with E-state index in [9.17, 15) is 0 Å². The number of nitrogens with zero attached hydrogens (tertiary/aromatic N) is 2. The number of imidazole rings is 1. The molecule has 0 unspecified atom stereocenters. The quantitative estimate of drug-likeness (QED) is 0.858. The molecule has 0 radical (unpaired) electrons. The van der Waals surface area contributed by atoms with E-state index in [0.29, 0.717) is 6.61 Å². The smallest absolute Gasteiger partial charge is 0.207 e. The highest BCUT2D eigenvalue weighted by molar-refractivity contribution is 9.10. The Kier molecular flexibility index (Phi) is 4.61. The number of nitrogens with one attached hydrogen (secondary N) is 1. The summed E-state index contributed by atoms with van der Waals surface area (Å²) in [5, 5.41) is 3.28. The zero-order chi connectivity index (χ0) is 13.8. The Bertz CT molecular complexity index is 566. The molecular weight excluding hydrogens is 306 g/mol. The van der Waals surface area contributed by atoms with Crippen LogP contribution in [0.2, 0.25) is 0 Å². The van der Waals surface area contributed by atoms with Gasteiger partial charge in [-0.3, -0.25) is 4.57 Å². The number of aryl methyl sites for hydroxylation is 2. The van der Waals surface area contributed by atoms with Crippen LogP contribution >= 0.6 is 15.9 Å². The Morgan fingerprint density at radius 3 is 2.84 bits per heavy atom. The number of aromatic nitrogens is 2. The van der Waals surface area contributed by atoms with Crippen molar-refractivity contribution in [2.24, 2.45) is 0 Å². The molecule has 2 rings (SSSR count). The number of benzene rings is 1. The van der Waals surface area contributed by atoms with Gasteiger partial charge in [0.1, 0.15) is 0 Å². The average molecular weight is 324 g/mol. The standard InChI is InChI=1S/C14H18BrN3O/c1-10-4-5-12(8-13(10)15)18-9-11(2)17-14(18)16-6-7-19-3/h4-5,8-9H,6-7H2,1-3H3,(H,16,17). The van der Waals surface area contributed by atoms with Crippen molar-refractivity contribution in [3.8, 4) is 5.69 Å². The van der Waals surface area contributed by atoms with Crippen molar-refractivity contribution in [1.29, 1.82) is 0 Å². The van der Waals surface area contributed by atoms with Crippen LogP contribution in [0.4, 0.5) is 5.95 Å². The van der Waals surface area contributed by atoms with Gasteiger partial charge in [0, 0.05) is 30.0 Å². The number of methoxy groups -OCH3 is 1. The number of anilines is 1. The van der Waals surface area contributed by atoms with E-state index in [1.165, 1.54) is 5.56 Å². The monoisotopic (exact) mass is 323 g/mol. The highest BCUT2D eigenvalue weighted by atomic mass is 79.9. The molecule has 0 aliphatic rings. The number of hydrogen-bond donors (Lipinski definition) is 1. The van der Waals surface area contributed by atoms with E-state index >= 15 is 0 Å². The summed E-state index contributed by atoms with van der Waals surface area (Å²) < 4.78 is 8.19. The second-order valence-corrected chi connectivity index (χ2v) is 5.28. The second kappa shape index (κ2) is 6.21. The number of hydrogen-bond acceptors (Lipinski definition) is 3. The van der Waals surface area contributed by atoms with E-state index in [1.807, 2.05) is 13.1 Å². The Hall–Kier alpha value is -1.33. The van der Waals surface area contributed by atoms with Crippen molar-refractivity contribution in [3.63, 3.8) is 0 Å². The van der Waals surface area contributed by atoms with Crippen molar-refractivity contribution in [1.82, 2.24) is 9.55 Å². The fourth-order valence-electron chi connectivity index (χ4n) is 1.82. The molecule has 1 heterocycles. The molecule has 1 aromatic heterocycles. The largest absolute Gasteiger partial charge is 0.383 e. The molecule has 0 atom stereocenters. The molecule has 0 bridgehead atoms. The summed E-state index contributed by atoms with van der Waals surface area (Å²) in [6.07, 6.45) is 2.02. The molecule has 0 spiro atoms. The summed E-state index contributed by atoms with van der Waals surface area (Å²) in [5.74, 6) is 0.838. The third-order valence-corrected chi connectivity index (χ3v) is 3.70. The molecule has 2 aromatic rings. The summed E-state index contributed by atoms with van der Waals surface area (Å²) in [6, 6.07) is 6.27. The van der Waals surface area contributed by atoms with E-state index in [-0.39, 0.29) is 0 Å². The van der Waals surface area contributed by atoms with Gasteiger partial charge in [-0.2, -0.15) is 0 Å². The lowest BCUT2D eigenvalue weighted by Gasteiger charge is -2.10. The molecule has 4 nitrogen and oxygen atoms in total. The zero-order valence-electron chi connectivity index (χ0n) is 11.4. The molecule has 0 saturated carbocycles. The van der Waals surface area contributed by atoms with Gasteiger partial charge in [-0.05, 0) is 31.5 Å². The Balaban J connectivity index is 2.29. The average Bonchev–Trinajstić information content (AvgIpc) is 2.74. The summed E-state index contributed by atoms with van der Waals surface area (Å²) in [5.41, 5.74) is 3.28. The number of ether oxygens (including phenoxy) is 1. The van der Waals surface area contributed by atoms with Crippen molar-refractivity contribution in [2.45, 2.75) is 13.8 Å².